The van der Waals surface area contributed by atoms with Gasteiger partial charge in [0.1, 0.15) is 0 Å². The number of carbonyl (C=O) groups is 2. The molecule has 2 N–H and O–H groups in total. The minimum atomic E-state index is -0.343. The Morgan fingerprint density at radius 2 is 1.80 bits per heavy atom. The van der Waals surface area contributed by atoms with Gasteiger partial charge in [0.2, 0.25) is 0 Å². The SMILES string of the molecule is [C-]#[N+]/C=C/c1ccc2[nH]c3c4c(c5c(c3c2c1)C(=O)NC5=O)CCc1ccccc1-4. The lowest BCUT2D eigenvalue weighted by atomic mass is 9.80. The minimum Gasteiger partial charge on any atom is -0.354 e. The highest BCUT2D eigenvalue weighted by Crippen LogP contribution is 2.45. The number of aryl methyl sites for hydroxylation is 1. The zero-order valence-corrected chi connectivity index (χ0v) is 15.9. The highest BCUT2D eigenvalue weighted by Gasteiger charge is 2.37. The summed E-state index contributed by atoms with van der Waals surface area (Å²) in [5.41, 5.74) is 7.96. The second-order valence-electron chi connectivity index (χ2n) is 7.67. The lowest BCUT2D eigenvalue weighted by molar-refractivity contribution is 0.0880. The van der Waals surface area contributed by atoms with Gasteiger partial charge >= 0.3 is 0 Å². The maximum Gasteiger partial charge on any atom is 0.259 e. The van der Waals surface area contributed by atoms with E-state index in [0.29, 0.717) is 11.1 Å². The third-order valence-electron chi connectivity index (χ3n) is 6.13. The van der Waals surface area contributed by atoms with E-state index in [0.717, 1.165) is 56.9 Å². The lowest BCUT2D eigenvalue weighted by Gasteiger charge is -2.22. The van der Waals surface area contributed by atoms with Crippen LogP contribution >= 0.6 is 0 Å². The number of amides is 2. The van der Waals surface area contributed by atoms with Gasteiger partial charge in [0.05, 0.1) is 23.2 Å². The Kier molecular flexibility index (Phi) is 3.30. The van der Waals surface area contributed by atoms with Crippen LogP contribution in [-0.4, -0.2) is 16.8 Å². The van der Waals surface area contributed by atoms with Crippen molar-refractivity contribution in [1.82, 2.24) is 10.3 Å². The molecule has 5 heteroatoms. The Morgan fingerprint density at radius 1 is 0.967 bits per heavy atom. The molecule has 1 aromatic heterocycles. The van der Waals surface area contributed by atoms with Gasteiger partial charge in [-0.15, -0.1) is 0 Å². The number of aromatic nitrogens is 1. The number of imide groups is 1. The van der Waals surface area contributed by atoms with Gasteiger partial charge in [-0.3, -0.25) is 14.9 Å². The number of hydrogen-bond donors (Lipinski definition) is 2. The molecule has 6 rings (SSSR count). The summed E-state index contributed by atoms with van der Waals surface area (Å²) in [4.78, 5) is 32.4. The van der Waals surface area contributed by atoms with E-state index in [1.165, 1.54) is 11.8 Å². The minimum absolute atomic E-state index is 0.314. The molecule has 142 valence electrons. The molecule has 2 amide bonds. The van der Waals surface area contributed by atoms with Crippen LogP contribution in [-0.2, 0) is 12.8 Å². The molecule has 30 heavy (non-hydrogen) atoms. The van der Waals surface area contributed by atoms with Crippen molar-refractivity contribution < 1.29 is 9.59 Å². The number of aromatic amines is 1. The smallest absolute Gasteiger partial charge is 0.259 e. The van der Waals surface area contributed by atoms with E-state index in [1.54, 1.807) is 6.08 Å². The Labute approximate surface area is 171 Å². The van der Waals surface area contributed by atoms with Gasteiger partial charge in [0.15, 0.2) is 6.20 Å². The zero-order valence-electron chi connectivity index (χ0n) is 15.9. The van der Waals surface area contributed by atoms with Crippen LogP contribution in [0.4, 0.5) is 0 Å². The first-order valence-electron chi connectivity index (χ1n) is 9.78. The third-order valence-corrected chi connectivity index (χ3v) is 6.13. The van der Waals surface area contributed by atoms with Crippen LogP contribution in [0.3, 0.4) is 0 Å². The predicted octanol–water partition coefficient (Wildman–Crippen LogP) is 4.86. The molecule has 5 nitrogen and oxygen atoms in total. The highest BCUT2D eigenvalue weighted by atomic mass is 16.2. The highest BCUT2D eigenvalue weighted by molar-refractivity contribution is 6.32. The van der Waals surface area contributed by atoms with E-state index in [4.69, 9.17) is 6.57 Å². The van der Waals surface area contributed by atoms with Crippen LogP contribution < -0.4 is 5.32 Å². The van der Waals surface area contributed by atoms with Crippen molar-refractivity contribution in [3.63, 3.8) is 0 Å². The Morgan fingerprint density at radius 3 is 2.67 bits per heavy atom. The van der Waals surface area contributed by atoms with Gasteiger partial charge in [0, 0.05) is 21.9 Å². The topological polar surface area (TPSA) is 66.3 Å². The first kappa shape index (κ1) is 16.8. The van der Waals surface area contributed by atoms with Crippen molar-refractivity contribution >= 4 is 39.7 Å². The van der Waals surface area contributed by atoms with E-state index in [2.05, 4.69) is 27.3 Å². The molecule has 2 aliphatic rings. The number of hydrogen-bond acceptors (Lipinski definition) is 2. The molecule has 0 bridgehead atoms. The Hall–Kier alpha value is -4.17. The summed E-state index contributed by atoms with van der Waals surface area (Å²) in [5.74, 6) is -0.657. The molecular formula is C25H15N3O2. The molecule has 1 aliphatic carbocycles. The van der Waals surface area contributed by atoms with E-state index in [9.17, 15) is 9.59 Å². The first-order chi connectivity index (χ1) is 14.7. The van der Waals surface area contributed by atoms with Crippen LogP contribution in [0.25, 0.3) is 43.9 Å². The number of benzene rings is 3. The first-order valence-corrected chi connectivity index (χ1v) is 9.78. The average Bonchev–Trinajstić information content (AvgIpc) is 3.28. The number of nitrogens with one attached hydrogen (secondary N) is 2. The Bertz CT molecular complexity index is 1520. The van der Waals surface area contributed by atoms with E-state index < -0.39 is 0 Å². The van der Waals surface area contributed by atoms with Gasteiger partial charge in [-0.2, -0.15) is 0 Å². The van der Waals surface area contributed by atoms with Crippen molar-refractivity contribution in [3.8, 4) is 11.1 Å². The van der Waals surface area contributed by atoms with Crippen molar-refractivity contribution in [1.29, 1.82) is 0 Å². The van der Waals surface area contributed by atoms with Crippen molar-refractivity contribution in [2.24, 2.45) is 0 Å². The largest absolute Gasteiger partial charge is 0.354 e. The fourth-order valence-electron chi connectivity index (χ4n) is 4.93. The molecule has 0 fully saturated rings. The van der Waals surface area contributed by atoms with E-state index in [-0.39, 0.29) is 11.8 Å². The zero-order chi connectivity index (χ0) is 20.4. The molecule has 0 saturated carbocycles. The van der Waals surface area contributed by atoms with Gasteiger partial charge in [-0.05, 0) is 47.2 Å². The van der Waals surface area contributed by atoms with Gasteiger partial charge < -0.3 is 4.98 Å². The summed E-state index contributed by atoms with van der Waals surface area (Å²) in [6, 6.07) is 14.1. The average molecular weight is 389 g/mol. The number of rotatable bonds is 1. The number of nitrogens with zero attached hydrogens (tertiary/aromatic N) is 1. The van der Waals surface area contributed by atoms with E-state index >= 15 is 0 Å². The molecule has 2 heterocycles. The number of H-pyrrole nitrogens is 1. The van der Waals surface area contributed by atoms with Crippen LogP contribution in [0.5, 0.6) is 0 Å². The summed E-state index contributed by atoms with van der Waals surface area (Å²) in [5, 5.41) is 4.16. The number of carbonyl (C=O) groups excluding carboxylic acids is 2. The summed E-state index contributed by atoms with van der Waals surface area (Å²) in [7, 11) is 0. The number of fused-ring (bicyclic) bond motifs is 10. The quantitative estimate of drug-likeness (QED) is 0.361. The molecule has 0 unspecified atom stereocenters. The molecule has 1 aliphatic heterocycles. The van der Waals surface area contributed by atoms with Gasteiger partial charge in [0.25, 0.3) is 11.8 Å². The second kappa shape index (κ2) is 5.91. The molecular weight excluding hydrogens is 374 g/mol. The lowest BCUT2D eigenvalue weighted by Crippen LogP contribution is -2.20. The second-order valence-corrected chi connectivity index (χ2v) is 7.67. The molecule has 0 saturated heterocycles. The third kappa shape index (κ3) is 2.10. The fraction of sp³-hybridized carbons (Fsp3) is 0.0800. The summed E-state index contributed by atoms with van der Waals surface area (Å²) in [6.45, 7) is 6.98. The van der Waals surface area contributed by atoms with Crippen LogP contribution in [0, 0.1) is 6.57 Å². The Balaban J connectivity index is 1.82. The molecule has 3 aromatic carbocycles. The van der Waals surface area contributed by atoms with Crippen molar-refractivity contribution in [2.75, 3.05) is 0 Å². The van der Waals surface area contributed by atoms with Gasteiger partial charge in [-0.1, -0.05) is 36.4 Å². The fourth-order valence-corrected chi connectivity index (χ4v) is 4.93. The van der Waals surface area contributed by atoms with Crippen LogP contribution in [0.15, 0.2) is 48.7 Å². The molecule has 0 atom stereocenters. The standard InChI is InChI=1S/C25H15N3O2/c1-26-11-10-13-6-9-18-17(12-13)20-22-21(24(29)28-25(22)30)16-8-7-14-4-2-3-5-15(14)19(16)23(20)27-18/h2-6,9-12,27H,7-8H2,(H,28,29,30)/b11-10+. The van der Waals surface area contributed by atoms with Crippen molar-refractivity contribution in [3.05, 3.63) is 87.9 Å². The summed E-state index contributed by atoms with van der Waals surface area (Å²) >= 11 is 0. The predicted molar refractivity (Wildman–Crippen MR) is 116 cm³/mol. The maximum absolute atomic E-state index is 12.8. The molecule has 0 spiro atoms. The maximum atomic E-state index is 12.8. The molecule has 4 aromatic rings. The van der Waals surface area contributed by atoms with Gasteiger partial charge in [-0.25, -0.2) is 4.85 Å². The van der Waals surface area contributed by atoms with Crippen LogP contribution in [0.1, 0.15) is 37.4 Å². The molecule has 0 radical (unpaired) electrons. The monoisotopic (exact) mass is 389 g/mol. The summed E-state index contributed by atoms with van der Waals surface area (Å²) in [6.07, 6.45) is 4.72. The summed E-state index contributed by atoms with van der Waals surface area (Å²) < 4.78 is 0. The normalized spacial score (nSPS) is 14.6. The van der Waals surface area contributed by atoms with E-state index in [1.807, 2.05) is 30.3 Å². The van der Waals surface area contributed by atoms with Crippen LogP contribution in [0.2, 0.25) is 0 Å². The van der Waals surface area contributed by atoms with Crippen molar-refractivity contribution in [2.45, 2.75) is 12.8 Å².